The number of hydrogen-bond donors (Lipinski definition) is 1. The molecule has 1 atom stereocenters. The van der Waals surface area contributed by atoms with Crippen molar-refractivity contribution in [2.75, 3.05) is 13.7 Å². The second-order valence-corrected chi connectivity index (χ2v) is 5.93. The number of carbonyl (C=O) groups is 1. The van der Waals surface area contributed by atoms with Crippen LogP contribution in [0, 0.1) is 0 Å². The fraction of sp³-hybridized carbons (Fsp3) is 0.381. The second kappa shape index (κ2) is 9.82. The molecule has 0 saturated carbocycles. The van der Waals surface area contributed by atoms with Crippen molar-refractivity contribution in [2.24, 2.45) is 0 Å². The maximum absolute atomic E-state index is 11.3. The van der Waals surface area contributed by atoms with Crippen LogP contribution in [-0.2, 0) is 29.0 Å². The molecule has 0 aliphatic rings. The van der Waals surface area contributed by atoms with Crippen LogP contribution in [0.4, 0.5) is 0 Å². The first-order chi connectivity index (χ1) is 12.6. The Morgan fingerprint density at radius 1 is 1.04 bits per heavy atom. The van der Waals surface area contributed by atoms with Crippen molar-refractivity contribution in [3.05, 3.63) is 59.2 Å². The van der Waals surface area contributed by atoms with Gasteiger partial charge in [-0.2, -0.15) is 0 Å². The van der Waals surface area contributed by atoms with E-state index in [1.165, 1.54) is 5.56 Å². The molecule has 0 aliphatic heterocycles. The van der Waals surface area contributed by atoms with E-state index in [2.05, 4.69) is 19.1 Å². The Bertz CT molecular complexity index is 726. The number of aryl methyl sites for hydroxylation is 1. The number of carboxylic acid groups (broad SMARTS) is 1. The van der Waals surface area contributed by atoms with Crippen molar-refractivity contribution in [3.8, 4) is 11.5 Å². The van der Waals surface area contributed by atoms with Crippen LogP contribution in [0.15, 0.2) is 42.5 Å². The fourth-order valence-electron chi connectivity index (χ4n) is 2.69. The fourth-order valence-corrected chi connectivity index (χ4v) is 2.69. The molecule has 0 aromatic heterocycles. The smallest absolute Gasteiger partial charge is 0.333 e. The lowest BCUT2D eigenvalue weighted by atomic mass is 10.1. The first kappa shape index (κ1) is 19.8. The predicted molar refractivity (Wildman–Crippen MR) is 99.9 cm³/mol. The molecule has 0 radical (unpaired) electrons. The van der Waals surface area contributed by atoms with Gasteiger partial charge in [-0.25, -0.2) is 4.79 Å². The van der Waals surface area contributed by atoms with Crippen LogP contribution in [0.25, 0.3) is 0 Å². The third-order valence-electron chi connectivity index (χ3n) is 4.09. The molecule has 5 heteroatoms. The topological polar surface area (TPSA) is 65.0 Å². The highest BCUT2D eigenvalue weighted by Gasteiger charge is 2.19. The van der Waals surface area contributed by atoms with E-state index in [0.717, 1.165) is 17.5 Å². The summed E-state index contributed by atoms with van der Waals surface area (Å²) < 4.78 is 16.6. The van der Waals surface area contributed by atoms with E-state index in [0.29, 0.717) is 24.7 Å². The van der Waals surface area contributed by atoms with Crippen molar-refractivity contribution in [1.29, 1.82) is 0 Å². The average molecular weight is 358 g/mol. The molecule has 0 bridgehead atoms. The van der Waals surface area contributed by atoms with Gasteiger partial charge in [-0.1, -0.05) is 37.3 Å². The quantitative estimate of drug-likeness (QED) is 0.698. The zero-order valence-corrected chi connectivity index (χ0v) is 15.5. The van der Waals surface area contributed by atoms with Crippen molar-refractivity contribution in [2.45, 2.75) is 39.4 Å². The number of benzene rings is 2. The summed E-state index contributed by atoms with van der Waals surface area (Å²) in [6.45, 7) is 4.67. The highest BCUT2D eigenvalue weighted by molar-refractivity contribution is 5.72. The largest absolute Gasteiger partial charge is 0.493 e. The Kier molecular flexibility index (Phi) is 7.48. The maximum Gasteiger partial charge on any atom is 0.333 e. The van der Waals surface area contributed by atoms with E-state index in [1.807, 2.05) is 24.3 Å². The molecule has 1 N–H and O–H groups in total. The summed E-state index contributed by atoms with van der Waals surface area (Å²) in [6, 6.07) is 13.7. The van der Waals surface area contributed by atoms with E-state index in [1.54, 1.807) is 20.1 Å². The number of carboxylic acids is 1. The number of ether oxygens (including phenoxy) is 3. The molecule has 140 valence electrons. The van der Waals surface area contributed by atoms with Gasteiger partial charge in [0.25, 0.3) is 0 Å². The van der Waals surface area contributed by atoms with Gasteiger partial charge in [0.1, 0.15) is 6.61 Å². The number of hydrogen-bond acceptors (Lipinski definition) is 4. The van der Waals surface area contributed by atoms with Crippen molar-refractivity contribution in [1.82, 2.24) is 0 Å². The summed E-state index contributed by atoms with van der Waals surface area (Å²) in [4.78, 5) is 11.3. The summed E-state index contributed by atoms with van der Waals surface area (Å²) in [7, 11) is 1.58. The first-order valence-electron chi connectivity index (χ1n) is 8.79. The molecular formula is C21H26O5. The van der Waals surface area contributed by atoms with Gasteiger partial charge in [-0.3, -0.25) is 0 Å². The highest BCUT2D eigenvalue weighted by atomic mass is 16.5. The number of methoxy groups -OCH3 is 1. The van der Waals surface area contributed by atoms with Gasteiger partial charge in [0.2, 0.25) is 0 Å². The first-order valence-corrected chi connectivity index (χ1v) is 8.79. The molecule has 2 aromatic rings. The Balaban J connectivity index is 2.14. The minimum absolute atomic E-state index is 0.273. The lowest BCUT2D eigenvalue weighted by Gasteiger charge is -2.15. The standard InChI is InChI=1S/C21H26O5/c1-4-15-7-6-8-17(11-15)14-26-19-12-16(9-10-18(19)24-3)13-20(21(22)23)25-5-2/h6-12,20H,4-5,13-14H2,1-3H3,(H,22,23). The molecule has 2 aromatic carbocycles. The molecule has 0 saturated heterocycles. The Labute approximate surface area is 154 Å². The SMILES string of the molecule is CCOC(Cc1ccc(OC)c(OCc2cccc(CC)c2)c1)C(=O)O. The Morgan fingerprint density at radius 3 is 2.46 bits per heavy atom. The summed E-state index contributed by atoms with van der Waals surface area (Å²) in [6.07, 6.45) is 0.373. The van der Waals surface area contributed by atoms with Gasteiger partial charge in [0, 0.05) is 13.0 Å². The highest BCUT2D eigenvalue weighted by Crippen LogP contribution is 2.29. The lowest BCUT2D eigenvalue weighted by molar-refractivity contribution is -0.149. The van der Waals surface area contributed by atoms with Crippen LogP contribution < -0.4 is 9.47 Å². The van der Waals surface area contributed by atoms with Crippen LogP contribution >= 0.6 is 0 Å². The molecule has 0 heterocycles. The minimum Gasteiger partial charge on any atom is -0.493 e. The predicted octanol–water partition coefficient (Wildman–Crippen LogP) is 3.87. The summed E-state index contributed by atoms with van der Waals surface area (Å²) >= 11 is 0. The van der Waals surface area contributed by atoms with Gasteiger partial charge in [0.15, 0.2) is 17.6 Å². The zero-order valence-electron chi connectivity index (χ0n) is 15.5. The molecule has 5 nitrogen and oxygen atoms in total. The minimum atomic E-state index is -0.971. The Morgan fingerprint density at radius 2 is 1.81 bits per heavy atom. The number of aliphatic carboxylic acids is 1. The van der Waals surface area contributed by atoms with Gasteiger partial charge in [-0.15, -0.1) is 0 Å². The normalized spacial score (nSPS) is 11.8. The molecule has 0 spiro atoms. The summed E-state index contributed by atoms with van der Waals surface area (Å²) in [5.74, 6) is 0.234. The third kappa shape index (κ3) is 5.49. The van der Waals surface area contributed by atoms with E-state index < -0.39 is 12.1 Å². The van der Waals surface area contributed by atoms with Crippen LogP contribution in [-0.4, -0.2) is 30.9 Å². The maximum atomic E-state index is 11.3. The Hall–Kier alpha value is -2.53. The second-order valence-electron chi connectivity index (χ2n) is 5.93. The van der Waals surface area contributed by atoms with E-state index in [4.69, 9.17) is 14.2 Å². The third-order valence-corrected chi connectivity index (χ3v) is 4.09. The molecule has 2 rings (SSSR count). The average Bonchev–Trinajstić information content (AvgIpc) is 2.66. The summed E-state index contributed by atoms with van der Waals surface area (Å²) in [5, 5.41) is 9.26. The zero-order chi connectivity index (χ0) is 18.9. The van der Waals surface area contributed by atoms with Crippen LogP contribution in [0.3, 0.4) is 0 Å². The lowest BCUT2D eigenvalue weighted by Crippen LogP contribution is -2.26. The molecule has 1 unspecified atom stereocenters. The van der Waals surface area contributed by atoms with Crippen LogP contribution in [0.2, 0.25) is 0 Å². The van der Waals surface area contributed by atoms with Crippen molar-refractivity contribution >= 4 is 5.97 Å². The monoisotopic (exact) mass is 358 g/mol. The van der Waals surface area contributed by atoms with Crippen molar-refractivity contribution < 1.29 is 24.1 Å². The molecule has 26 heavy (non-hydrogen) atoms. The van der Waals surface area contributed by atoms with Gasteiger partial charge >= 0.3 is 5.97 Å². The molecular weight excluding hydrogens is 332 g/mol. The van der Waals surface area contributed by atoms with Crippen LogP contribution in [0.1, 0.15) is 30.5 Å². The molecule has 0 fully saturated rings. The molecule has 0 aliphatic carbocycles. The number of rotatable bonds is 10. The van der Waals surface area contributed by atoms with E-state index >= 15 is 0 Å². The van der Waals surface area contributed by atoms with Gasteiger partial charge in [0.05, 0.1) is 7.11 Å². The van der Waals surface area contributed by atoms with Gasteiger partial charge in [-0.05, 0) is 42.2 Å². The summed E-state index contributed by atoms with van der Waals surface area (Å²) in [5.41, 5.74) is 3.16. The molecule has 0 amide bonds. The van der Waals surface area contributed by atoms with Crippen LogP contribution in [0.5, 0.6) is 11.5 Å². The van der Waals surface area contributed by atoms with E-state index in [9.17, 15) is 9.90 Å². The van der Waals surface area contributed by atoms with Crippen molar-refractivity contribution in [3.63, 3.8) is 0 Å². The van der Waals surface area contributed by atoms with E-state index in [-0.39, 0.29) is 6.42 Å². The van der Waals surface area contributed by atoms with Gasteiger partial charge < -0.3 is 19.3 Å².